The molecule has 0 spiro atoms. The van der Waals surface area contributed by atoms with Crippen LogP contribution in [0.3, 0.4) is 0 Å². The van der Waals surface area contributed by atoms with E-state index in [1.165, 1.54) is 17.0 Å². The Labute approximate surface area is 157 Å². The van der Waals surface area contributed by atoms with Crippen LogP contribution in [0.2, 0.25) is 0 Å². The molecule has 1 heterocycles. The monoisotopic (exact) mass is 372 g/mol. The van der Waals surface area contributed by atoms with Crippen molar-refractivity contribution in [1.82, 2.24) is 9.80 Å². The highest BCUT2D eigenvalue weighted by Crippen LogP contribution is 2.22. The van der Waals surface area contributed by atoms with Gasteiger partial charge in [0.2, 0.25) is 5.91 Å². The van der Waals surface area contributed by atoms with Crippen LogP contribution in [0.25, 0.3) is 0 Å². The normalized spacial score (nSPS) is 16.9. The number of carbonyl (C=O) groups is 2. The lowest BCUT2D eigenvalue weighted by Gasteiger charge is -2.37. The molecule has 27 heavy (non-hydrogen) atoms. The zero-order valence-corrected chi connectivity index (χ0v) is 15.2. The summed E-state index contributed by atoms with van der Waals surface area (Å²) >= 11 is 0. The zero-order chi connectivity index (χ0) is 19.4. The topological polar surface area (TPSA) is 40.6 Å². The molecule has 2 aromatic rings. The molecule has 1 aliphatic rings. The number of halogens is 2. The minimum atomic E-state index is -0.685. The van der Waals surface area contributed by atoms with Gasteiger partial charge in [0.15, 0.2) is 0 Å². The average Bonchev–Trinajstić information content (AvgIpc) is 2.69. The van der Waals surface area contributed by atoms with Crippen LogP contribution < -0.4 is 0 Å². The first-order chi connectivity index (χ1) is 13.0. The summed E-state index contributed by atoms with van der Waals surface area (Å²) in [5, 5.41) is 0. The van der Waals surface area contributed by atoms with Gasteiger partial charge in [-0.1, -0.05) is 24.3 Å². The van der Waals surface area contributed by atoms with Crippen molar-refractivity contribution in [3.63, 3.8) is 0 Å². The predicted octanol–water partition coefficient (Wildman–Crippen LogP) is 3.62. The van der Waals surface area contributed by atoms with Crippen LogP contribution in [0.1, 0.15) is 35.2 Å². The molecular formula is C21H22F2N2O2. The number of amides is 2. The molecule has 2 aromatic carbocycles. The lowest BCUT2D eigenvalue weighted by molar-refractivity contribution is -0.136. The third-order valence-corrected chi connectivity index (χ3v) is 4.87. The molecule has 0 unspecified atom stereocenters. The van der Waals surface area contributed by atoms with Gasteiger partial charge in [-0.05, 0) is 37.5 Å². The highest BCUT2D eigenvalue weighted by Gasteiger charge is 2.34. The summed E-state index contributed by atoms with van der Waals surface area (Å²) in [6.45, 7) is 0.539. The summed E-state index contributed by atoms with van der Waals surface area (Å²) in [4.78, 5) is 28.8. The first-order valence-corrected chi connectivity index (χ1v) is 9.02. The molecule has 0 radical (unpaired) electrons. The fraction of sp³-hybridized carbons (Fsp3) is 0.333. The number of benzene rings is 2. The number of rotatable bonds is 4. The van der Waals surface area contributed by atoms with Gasteiger partial charge in [-0.3, -0.25) is 9.59 Å². The number of hydrogen-bond donors (Lipinski definition) is 0. The Morgan fingerprint density at radius 2 is 1.85 bits per heavy atom. The second-order valence-corrected chi connectivity index (χ2v) is 6.81. The van der Waals surface area contributed by atoms with Gasteiger partial charge in [0.05, 0.1) is 0 Å². The quantitative estimate of drug-likeness (QED) is 0.823. The fourth-order valence-electron chi connectivity index (χ4n) is 3.42. The smallest absolute Gasteiger partial charge is 0.254 e. The molecule has 0 N–H and O–H groups in total. The summed E-state index contributed by atoms with van der Waals surface area (Å²) in [6, 6.07) is 11.6. The molecule has 142 valence electrons. The van der Waals surface area contributed by atoms with Crippen LogP contribution >= 0.6 is 0 Å². The van der Waals surface area contributed by atoms with Crippen molar-refractivity contribution in [3.8, 4) is 0 Å². The first-order valence-electron chi connectivity index (χ1n) is 9.02. The minimum absolute atomic E-state index is 0.0226. The molecule has 0 bridgehead atoms. The molecule has 1 saturated heterocycles. The number of likely N-dealkylation sites (N-methyl/N-ethyl adjacent to an activating group) is 1. The molecule has 1 atom stereocenters. The molecule has 2 amide bonds. The number of likely N-dealkylation sites (tertiary alicyclic amines) is 1. The van der Waals surface area contributed by atoms with Gasteiger partial charge in [0.1, 0.15) is 17.7 Å². The molecule has 1 fully saturated rings. The maximum Gasteiger partial charge on any atom is 0.254 e. The lowest BCUT2D eigenvalue weighted by atomic mass is 9.99. The second kappa shape index (κ2) is 8.29. The van der Waals surface area contributed by atoms with Crippen LogP contribution in [0.15, 0.2) is 48.5 Å². The van der Waals surface area contributed by atoms with E-state index >= 15 is 0 Å². The van der Waals surface area contributed by atoms with Crippen molar-refractivity contribution < 1.29 is 18.4 Å². The van der Waals surface area contributed by atoms with Gasteiger partial charge in [0.25, 0.3) is 5.91 Å². The fourth-order valence-corrected chi connectivity index (χ4v) is 3.42. The average molecular weight is 372 g/mol. The van der Waals surface area contributed by atoms with Crippen molar-refractivity contribution >= 4 is 11.8 Å². The van der Waals surface area contributed by atoms with E-state index in [4.69, 9.17) is 0 Å². The Bertz CT molecular complexity index is 826. The van der Waals surface area contributed by atoms with E-state index in [0.717, 1.165) is 18.9 Å². The largest absolute Gasteiger partial charge is 0.340 e. The van der Waals surface area contributed by atoms with Gasteiger partial charge in [-0.15, -0.1) is 0 Å². The summed E-state index contributed by atoms with van der Waals surface area (Å²) in [6.07, 6.45) is 2.28. The maximum absolute atomic E-state index is 13.9. The highest BCUT2D eigenvalue weighted by atomic mass is 19.1. The number of hydrogen-bond acceptors (Lipinski definition) is 2. The van der Waals surface area contributed by atoms with E-state index in [1.807, 2.05) is 6.07 Å². The zero-order valence-electron chi connectivity index (χ0n) is 15.2. The van der Waals surface area contributed by atoms with E-state index in [9.17, 15) is 18.4 Å². The third kappa shape index (κ3) is 4.32. The molecule has 4 nitrogen and oxygen atoms in total. The number of nitrogens with zero attached hydrogens (tertiary/aromatic N) is 2. The Balaban J connectivity index is 1.75. The van der Waals surface area contributed by atoms with Crippen LogP contribution in [0.5, 0.6) is 0 Å². The van der Waals surface area contributed by atoms with Crippen molar-refractivity contribution in [3.05, 3.63) is 71.3 Å². The number of carbonyl (C=O) groups excluding carboxylic acids is 2. The molecule has 1 aliphatic heterocycles. The van der Waals surface area contributed by atoms with Crippen molar-refractivity contribution in [2.24, 2.45) is 0 Å². The highest BCUT2D eigenvalue weighted by molar-refractivity contribution is 5.97. The summed E-state index contributed by atoms with van der Waals surface area (Å²) in [5.41, 5.74) is 0.786. The summed E-state index contributed by atoms with van der Waals surface area (Å²) in [5.74, 6) is -1.75. The first kappa shape index (κ1) is 19.0. The molecule has 0 aliphatic carbocycles. The molecular weight excluding hydrogens is 350 g/mol. The third-order valence-electron chi connectivity index (χ3n) is 4.87. The maximum atomic E-state index is 13.9. The van der Waals surface area contributed by atoms with Gasteiger partial charge in [0, 0.05) is 37.3 Å². The van der Waals surface area contributed by atoms with Gasteiger partial charge in [-0.25, -0.2) is 8.78 Å². The molecule has 0 aromatic heterocycles. The molecule has 6 heteroatoms. The van der Waals surface area contributed by atoms with Gasteiger partial charge in [-0.2, -0.15) is 0 Å². The van der Waals surface area contributed by atoms with Crippen molar-refractivity contribution in [2.75, 3.05) is 13.6 Å². The Morgan fingerprint density at radius 3 is 2.56 bits per heavy atom. The Morgan fingerprint density at radius 1 is 1.11 bits per heavy atom. The summed E-state index contributed by atoms with van der Waals surface area (Å²) in [7, 11) is 1.57. The second-order valence-electron chi connectivity index (χ2n) is 6.81. The van der Waals surface area contributed by atoms with E-state index in [-0.39, 0.29) is 23.9 Å². The van der Waals surface area contributed by atoms with E-state index in [1.54, 1.807) is 36.2 Å². The van der Waals surface area contributed by atoms with Gasteiger partial charge < -0.3 is 9.80 Å². The van der Waals surface area contributed by atoms with Gasteiger partial charge >= 0.3 is 0 Å². The molecule has 3 rings (SSSR count). The summed E-state index contributed by atoms with van der Waals surface area (Å²) < 4.78 is 27.0. The Hall–Kier alpha value is -2.76. The van der Waals surface area contributed by atoms with Crippen molar-refractivity contribution in [2.45, 2.75) is 31.8 Å². The van der Waals surface area contributed by atoms with E-state index in [2.05, 4.69) is 0 Å². The number of piperidine rings is 1. The van der Waals surface area contributed by atoms with E-state index in [0.29, 0.717) is 18.5 Å². The SMILES string of the molecule is CN(Cc1ccc(F)cc1F)C(=O)[C@H]1CCCCN1C(=O)c1ccccc1. The lowest BCUT2D eigenvalue weighted by Crippen LogP contribution is -2.52. The van der Waals surface area contributed by atoms with Crippen molar-refractivity contribution in [1.29, 1.82) is 0 Å². The standard InChI is InChI=1S/C21H22F2N2O2/c1-24(14-16-10-11-17(22)13-18(16)23)21(27)19-9-5-6-12-25(19)20(26)15-7-3-2-4-8-15/h2-4,7-8,10-11,13,19H,5-6,9,12,14H2,1H3/t19-/m1/s1. The predicted molar refractivity (Wildman–Crippen MR) is 97.9 cm³/mol. The Kier molecular flexibility index (Phi) is 5.84. The van der Waals surface area contributed by atoms with Crippen LogP contribution in [-0.4, -0.2) is 41.2 Å². The minimum Gasteiger partial charge on any atom is -0.340 e. The van der Waals surface area contributed by atoms with Crippen LogP contribution in [0, 0.1) is 11.6 Å². The van der Waals surface area contributed by atoms with Crippen LogP contribution in [-0.2, 0) is 11.3 Å². The van der Waals surface area contributed by atoms with E-state index < -0.39 is 17.7 Å². The van der Waals surface area contributed by atoms with Crippen LogP contribution in [0.4, 0.5) is 8.78 Å². The molecule has 0 saturated carbocycles.